The van der Waals surface area contributed by atoms with Gasteiger partial charge in [0.25, 0.3) is 0 Å². The normalized spacial score (nSPS) is 15.0. The number of anilines is 1. The first-order valence-corrected chi connectivity index (χ1v) is 10.9. The number of amides is 1. The van der Waals surface area contributed by atoms with Crippen LogP contribution in [0.15, 0.2) is 47.4 Å². The molecule has 31 heavy (non-hydrogen) atoms. The van der Waals surface area contributed by atoms with E-state index in [1.165, 1.54) is 13.1 Å². The van der Waals surface area contributed by atoms with E-state index in [4.69, 9.17) is 4.74 Å². The third kappa shape index (κ3) is 4.59. The molecule has 0 spiro atoms. The summed E-state index contributed by atoms with van der Waals surface area (Å²) in [6, 6.07) is 6.07. The number of nitrogens with one attached hydrogen (secondary N) is 2. The molecule has 5 nitrogen and oxygen atoms in total. The summed E-state index contributed by atoms with van der Waals surface area (Å²) in [5, 5.41) is 14.9. The van der Waals surface area contributed by atoms with Gasteiger partial charge in [0.2, 0.25) is 5.91 Å². The molecule has 0 atom stereocenters. The SMILES string of the molecule is C=C(CNc1cc(-c2ccc(S(F)(F)(F)(F)F)cc2)c2c(c1C#N)CCO2)C(=O)NC. The van der Waals surface area contributed by atoms with Gasteiger partial charge in [-0.3, -0.25) is 4.79 Å². The van der Waals surface area contributed by atoms with Crippen LogP contribution in [0.3, 0.4) is 0 Å². The lowest BCUT2D eigenvalue weighted by atomic mass is 9.95. The van der Waals surface area contributed by atoms with Crippen molar-refractivity contribution in [1.29, 1.82) is 5.26 Å². The fourth-order valence-corrected chi connectivity index (χ4v) is 3.86. The number of halogens is 5. The zero-order chi connectivity index (χ0) is 23.1. The molecule has 166 valence electrons. The Morgan fingerprint density at radius 1 is 1.23 bits per heavy atom. The summed E-state index contributed by atoms with van der Waals surface area (Å²) in [4.78, 5) is 9.65. The number of hydrogen-bond donors (Lipinski definition) is 2. The molecule has 0 aromatic heterocycles. The Bertz CT molecular complexity index is 1120. The fourth-order valence-electron chi connectivity index (χ4n) is 3.21. The molecule has 1 aliphatic rings. The molecule has 1 aliphatic heterocycles. The number of carbonyl (C=O) groups excluding carboxylic acids is 1. The van der Waals surface area contributed by atoms with Gasteiger partial charge in [-0.05, 0) is 23.8 Å². The first-order valence-electron chi connectivity index (χ1n) is 8.96. The number of carbonyl (C=O) groups is 1. The van der Waals surface area contributed by atoms with Crippen molar-refractivity contribution in [3.63, 3.8) is 0 Å². The molecule has 2 N–H and O–H groups in total. The monoisotopic (exact) mass is 459 g/mol. The Labute approximate surface area is 175 Å². The molecular weight excluding hydrogens is 441 g/mol. The summed E-state index contributed by atoms with van der Waals surface area (Å²) < 4.78 is 70.7. The minimum atomic E-state index is -9.79. The van der Waals surface area contributed by atoms with Crippen LogP contribution in [0.5, 0.6) is 5.75 Å². The minimum Gasteiger partial charge on any atom is -0.492 e. The Kier molecular flexibility index (Phi) is 4.98. The molecule has 2 aromatic carbocycles. The Morgan fingerprint density at radius 2 is 1.87 bits per heavy atom. The van der Waals surface area contributed by atoms with Gasteiger partial charge in [-0.1, -0.05) is 38.1 Å². The van der Waals surface area contributed by atoms with Crippen molar-refractivity contribution in [3.8, 4) is 22.9 Å². The van der Waals surface area contributed by atoms with Crippen LogP contribution in [0.1, 0.15) is 11.1 Å². The first kappa shape index (κ1) is 22.4. The fraction of sp³-hybridized carbons (Fsp3) is 0.200. The van der Waals surface area contributed by atoms with Crippen LogP contribution in [-0.2, 0) is 11.2 Å². The number of benzene rings is 2. The predicted molar refractivity (Wildman–Crippen MR) is 109 cm³/mol. The molecule has 0 radical (unpaired) electrons. The van der Waals surface area contributed by atoms with Gasteiger partial charge in [0.1, 0.15) is 16.7 Å². The molecule has 0 saturated carbocycles. The smallest absolute Gasteiger partial charge is 0.310 e. The van der Waals surface area contributed by atoms with Crippen molar-refractivity contribution < 1.29 is 29.0 Å². The second kappa shape index (κ2) is 6.88. The first-order chi connectivity index (χ1) is 14.2. The number of nitriles is 1. The zero-order valence-corrected chi connectivity index (χ0v) is 17.1. The van der Waals surface area contributed by atoms with Crippen molar-refractivity contribution in [1.82, 2.24) is 5.32 Å². The van der Waals surface area contributed by atoms with E-state index in [0.29, 0.717) is 41.1 Å². The van der Waals surface area contributed by atoms with Crippen LogP contribution in [0.2, 0.25) is 0 Å². The van der Waals surface area contributed by atoms with E-state index in [-0.39, 0.29) is 29.9 Å². The largest absolute Gasteiger partial charge is 0.492 e. The van der Waals surface area contributed by atoms with Crippen LogP contribution in [0.25, 0.3) is 11.1 Å². The van der Waals surface area contributed by atoms with Gasteiger partial charge in [0.05, 0.1) is 17.9 Å². The molecule has 3 rings (SSSR count). The molecule has 2 aromatic rings. The lowest BCUT2D eigenvalue weighted by molar-refractivity contribution is -0.117. The Morgan fingerprint density at radius 3 is 2.42 bits per heavy atom. The molecule has 0 aliphatic carbocycles. The highest BCUT2D eigenvalue weighted by Gasteiger charge is 2.65. The third-order valence-electron chi connectivity index (χ3n) is 4.74. The van der Waals surface area contributed by atoms with Gasteiger partial charge in [-0.15, -0.1) is 0 Å². The van der Waals surface area contributed by atoms with Crippen molar-refractivity contribution in [2.75, 3.05) is 25.5 Å². The van der Waals surface area contributed by atoms with Gasteiger partial charge in [-0.25, -0.2) is 0 Å². The summed E-state index contributed by atoms with van der Waals surface area (Å²) in [5.41, 5.74) is 1.89. The van der Waals surface area contributed by atoms with Crippen molar-refractivity contribution in [2.45, 2.75) is 11.3 Å². The summed E-state index contributed by atoms with van der Waals surface area (Å²) in [7, 11) is -8.35. The standard InChI is InChI=1S/C20H18F5N3O2S/c1-12(20(29)27-2)11-28-18-9-16(19-15(7-8-30-19)17(18)10-26)13-3-5-14(6-4-13)31(21,22,23,24)25/h3-6,9,28H,1,7-8,11H2,2H3,(H,27,29). The number of rotatable bonds is 6. The zero-order valence-electron chi connectivity index (χ0n) is 16.3. The molecule has 1 amide bonds. The Hall–Kier alpha value is -3.26. The summed E-state index contributed by atoms with van der Waals surface area (Å²) >= 11 is 0. The topological polar surface area (TPSA) is 74.1 Å². The lowest BCUT2D eigenvalue weighted by Crippen LogP contribution is -2.23. The van der Waals surface area contributed by atoms with E-state index in [1.807, 2.05) is 0 Å². The van der Waals surface area contributed by atoms with Crippen molar-refractivity contribution >= 4 is 21.8 Å². The quantitative estimate of drug-likeness (QED) is 0.440. The lowest BCUT2D eigenvalue weighted by Gasteiger charge is -2.40. The second-order valence-corrected chi connectivity index (χ2v) is 9.30. The highest BCUT2D eigenvalue weighted by Crippen LogP contribution is 3.02. The molecule has 0 saturated heterocycles. The van der Waals surface area contributed by atoms with Crippen LogP contribution in [0.4, 0.5) is 25.1 Å². The maximum atomic E-state index is 13.0. The number of nitrogens with zero attached hydrogens (tertiary/aromatic N) is 1. The number of hydrogen-bond acceptors (Lipinski definition) is 4. The van der Waals surface area contributed by atoms with Gasteiger partial charge in [0.15, 0.2) is 0 Å². The highest BCUT2D eigenvalue weighted by molar-refractivity contribution is 8.45. The molecule has 0 unspecified atom stereocenters. The van der Waals surface area contributed by atoms with Gasteiger partial charge in [-0.2, -0.15) is 5.26 Å². The minimum absolute atomic E-state index is 0.0105. The van der Waals surface area contributed by atoms with Gasteiger partial charge < -0.3 is 15.4 Å². The van der Waals surface area contributed by atoms with Crippen LogP contribution in [0, 0.1) is 11.3 Å². The summed E-state index contributed by atoms with van der Waals surface area (Å²) in [6.07, 6.45) is 0.390. The average Bonchev–Trinajstić information content (AvgIpc) is 3.18. The van der Waals surface area contributed by atoms with Crippen LogP contribution >= 0.6 is 10.2 Å². The van der Waals surface area contributed by atoms with E-state index >= 15 is 0 Å². The maximum Gasteiger partial charge on any atom is 0.310 e. The summed E-state index contributed by atoms with van der Waals surface area (Å²) in [5.74, 6) is -0.0883. The van der Waals surface area contributed by atoms with Crippen LogP contribution < -0.4 is 15.4 Å². The molecular formula is C20H18F5N3O2S. The number of fused-ring (bicyclic) bond motifs is 1. The second-order valence-electron chi connectivity index (χ2n) is 6.89. The molecule has 0 fully saturated rings. The molecule has 11 heteroatoms. The maximum absolute atomic E-state index is 13.0. The van der Waals surface area contributed by atoms with E-state index in [2.05, 4.69) is 23.3 Å². The Balaban J connectivity index is 2.06. The van der Waals surface area contributed by atoms with Gasteiger partial charge >= 0.3 is 10.2 Å². The average molecular weight is 459 g/mol. The predicted octanol–water partition coefficient (Wildman–Crippen LogP) is 5.53. The van der Waals surface area contributed by atoms with Crippen LogP contribution in [-0.4, -0.2) is 26.1 Å². The van der Waals surface area contributed by atoms with E-state index in [0.717, 1.165) is 12.1 Å². The van der Waals surface area contributed by atoms with E-state index in [1.54, 1.807) is 0 Å². The molecule has 1 heterocycles. The summed E-state index contributed by atoms with van der Waals surface area (Å²) in [6.45, 7) is 3.91. The highest BCUT2D eigenvalue weighted by atomic mass is 32.5. The van der Waals surface area contributed by atoms with Crippen molar-refractivity contribution in [2.24, 2.45) is 0 Å². The van der Waals surface area contributed by atoms with E-state index < -0.39 is 21.0 Å². The van der Waals surface area contributed by atoms with Crippen molar-refractivity contribution in [3.05, 3.63) is 53.6 Å². The van der Waals surface area contributed by atoms with E-state index in [9.17, 15) is 29.5 Å². The van der Waals surface area contributed by atoms with Gasteiger partial charge in [0, 0.05) is 36.7 Å². The number of ether oxygens (including phenoxy) is 1. The molecule has 0 bridgehead atoms. The number of likely N-dealkylation sites (N-methyl/N-ethyl adjacent to an activating group) is 1. The third-order valence-corrected chi connectivity index (χ3v) is 5.90.